The molecule has 1 unspecified atom stereocenters. The highest BCUT2D eigenvalue weighted by Gasteiger charge is 2.34. The molecule has 0 aromatic heterocycles. The Kier molecular flexibility index (Phi) is 7.25. The first-order valence-electron chi connectivity index (χ1n) is 9.79. The highest BCUT2D eigenvalue weighted by Crippen LogP contribution is 2.32. The van der Waals surface area contributed by atoms with Gasteiger partial charge in [0.2, 0.25) is 0 Å². The fraction of sp³-hybridized carbons (Fsp3) is 0.261. The second-order valence-corrected chi connectivity index (χ2v) is 7.09. The molecule has 0 saturated carbocycles. The van der Waals surface area contributed by atoms with Crippen molar-refractivity contribution in [3.05, 3.63) is 70.9 Å². The molecule has 3 rings (SSSR count). The van der Waals surface area contributed by atoms with Crippen molar-refractivity contribution in [3.8, 4) is 11.5 Å². The molecule has 7 nitrogen and oxygen atoms in total. The molecule has 1 N–H and O–H groups in total. The van der Waals surface area contributed by atoms with Gasteiger partial charge in [0.15, 0.2) is 5.11 Å². The highest BCUT2D eigenvalue weighted by molar-refractivity contribution is 7.80. The van der Waals surface area contributed by atoms with Crippen LogP contribution in [0.3, 0.4) is 0 Å². The van der Waals surface area contributed by atoms with Crippen LogP contribution in [0, 0.1) is 0 Å². The number of ether oxygens (including phenoxy) is 3. The minimum absolute atomic E-state index is 0.268. The van der Waals surface area contributed by atoms with Gasteiger partial charge in [-0.2, -0.15) is 5.10 Å². The Labute approximate surface area is 187 Å². The molecule has 162 valence electrons. The Morgan fingerprint density at radius 1 is 1.10 bits per heavy atom. The zero-order valence-corrected chi connectivity index (χ0v) is 18.7. The zero-order valence-electron chi connectivity index (χ0n) is 17.9. The smallest absolute Gasteiger partial charge is 0.338 e. The predicted molar refractivity (Wildman–Crippen MR) is 123 cm³/mol. The van der Waals surface area contributed by atoms with E-state index in [1.165, 1.54) is 5.01 Å². The molecule has 2 aromatic rings. The van der Waals surface area contributed by atoms with E-state index in [9.17, 15) is 4.79 Å². The summed E-state index contributed by atoms with van der Waals surface area (Å²) >= 11 is 5.56. The molecule has 0 radical (unpaired) electrons. The average Bonchev–Trinajstić information content (AvgIpc) is 2.79. The van der Waals surface area contributed by atoms with E-state index in [1.54, 1.807) is 34.3 Å². The van der Waals surface area contributed by atoms with Crippen LogP contribution >= 0.6 is 12.2 Å². The van der Waals surface area contributed by atoms with Gasteiger partial charge in [-0.15, -0.1) is 0 Å². The summed E-state index contributed by atoms with van der Waals surface area (Å²) in [6.45, 7) is 3.85. The van der Waals surface area contributed by atoms with Crippen molar-refractivity contribution >= 4 is 29.5 Å². The lowest BCUT2D eigenvalue weighted by atomic mass is 9.95. The normalized spacial score (nSPS) is 16.3. The van der Waals surface area contributed by atoms with E-state index in [4.69, 9.17) is 26.4 Å². The largest absolute Gasteiger partial charge is 0.497 e. The lowest BCUT2D eigenvalue weighted by Crippen LogP contribution is -2.45. The van der Waals surface area contributed by atoms with Gasteiger partial charge in [0.05, 0.1) is 44.4 Å². The summed E-state index contributed by atoms with van der Waals surface area (Å²) in [4.78, 5) is 12.8. The van der Waals surface area contributed by atoms with Crippen molar-refractivity contribution in [1.82, 2.24) is 10.3 Å². The molecule has 1 aliphatic heterocycles. The lowest BCUT2D eigenvalue weighted by molar-refractivity contribution is -0.139. The quantitative estimate of drug-likeness (QED) is 0.400. The maximum atomic E-state index is 12.8. The molecule has 1 aliphatic rings. The maximum Gasteiger partial charge on any atom is 0.338 e. The Bertz CT molecular complexity index is 1000. The summed E-state index contributed by atoms with van der Waals surface area (Å²) in [6, 6.07) is 14.5. The van der Waals surface area contributed by atoms with Gasteiger partial charge in [-0.3, -0.25) is 0 Å². The van der Waals surface area contributed by atoms with Crippen LogP contribution < -0.4 is 14.8 Å². The van der Waals surface area contributed by atoms with E-state index in [1.807, 2.05) is 48.5 Å². The van der Waals surface area contributed by atoms with Crippen LogP contribution in [0.2, 0.25) is 0 Å². The van der Waals surface area contributed by atoms with E-state index in [0.717, 1.165) is 22.6 Å². The van der Waals surface area contributed by atoms with Crippen molar-refractivity contribution in [2.24, 2.45) is 5.10 Å². The SMILES string of the molecule is CCOC(=O)C1=C(C)N(/N=C/c2ccc(OC)cc2)C(=S)NC1c1ccc(OC)cc1. The van der Waals surface area contributed by atoms with E-state index in [2.05, 4.69) is 10.4 Å². The van der Waals surface area contributed by atoms with Gasteiger partial charge in [-0.25, -0.2) is 9.80 Å². The maximum absolute atomic E-state index is 12.8. The number of rotatable bonds is 7. The molecule has 8 heteroatoms. The number of thiocarbonyl (C=S) groups is 1. The van der Waals surface area contributed by atoms with Crippen LogP contribution in [0.25, 0.3) is 0 Å². The van der Waals surface area contributed by atoms with Crippen LogP contribution in [0.5, 0.6) is 11.5 Å². The molecular formula is C23H25N3O4S. The molecule has 0 bridgehead atoms. The number of hydrogen-bond donors (Lipinski definition) is 1. The molecule has 31 heavy (non-hydrogen) atoms. The molecule has 0 aliphatic carbocycles. The highest BCUT2D eigenvalue weighted by atomic mass is 32.1. The zero-order chi connectivity index (χ0) is 22.4. The molecule has 2 aromatic carbocycles. The lowest BCUT2D eigenvalue weighted by Gasteiger charge is -2.34. The number of nitrogens with one attached hydrogen (secondary N) is 1. The van der Waals surface area contributed by atoms with Crippen LogP contribution in [-0.2, 0) is 9.53 Å². The van der Waals surface area contributed by atoms with Crippen molar-refractivity contribution < 1.29 is 19.0 Å². The monoisotopic (exact) mass is 439 g/mol. The number of nitrogens with zero attached hydrogens (tertiary/aromatic N) is 2. The number of carbonyl (C=O) groups is 1. The van der Waals surface area contributed by atoms with Gasteiger partial charge in [0, 0.05) is 0 Å². The standard InChI is InChI=1S/C23H25N3O4S/c1-5-30-22(27)20-15(2)26(24-14-16-6-10-18(28-3)11-7-16)23(31)25-21(20)17-8-12-19(29-4)13-9-17/h6-14,21H,5H2,1-4H3,(H,25,31)/b24-14+. The molecule has 0 fully saturated rings. The molecule has 0 spiro atoms. The first-order valence-corrected chi connectivity index (χ1v) is 10.2. The molecular weight excluding hydrogens is 414 g/mol. The van der Waals surface area contributed by atoms with Gasteiger partial charge in [0.1, 0.15) is 11.5 Å². The number of hydrogen-bond acceptors (Lipinski definition) is 6. The van der Waals surface area contributed by atoms with Gasteiger partial charge in [-0.05, 0) is 73.6 Å². The number of esters is 1. The Hall–Kier alpha value is -3.39. The summed E-state index contributed by atoms with van der Waals surface area (Å²) in [5.74, 6) is 1.07. The van der Waals surface area contributed by atoms with E-state index in [0.29, 0.717) is 16.4 Å². The van der Waals surface area contributed by atoms with Gasteiger partial charge in [0.25, 0.3) is 0 Å². The van der Waals surface area contributed by atoms with Crippen molar-refractivity contribution in [2.75, 3.05) is 20.8 Å². The van der Waals surface area contributed by atoms with Gasteiger partial charge < -0.3 is 19.5 Å². The third-order valence-corrected chi connectivity index (χ3v) is 5.13. The minimum Gasteiger partial charge on any atom is -0.497 e. The number of carbonyl (C=O) groups excluding carboxylic acids is 1. The average molecular weight is 440 g/mol. The van der Waals surface area contributed by atoms with Crippen LogP contribution in [0.4, 0.5) is 0 Å². The topological polar surface area (TPSA) is 72.4 Å². The summed E-state index contributed by atoms with van der Waals surface area (Å²) < 4.78 is 15.7. The third kappa shape index (κ3) is 5.03. The second-order valence-electron chi connectivity index (χ2n) is 6.70. The summed E-state index contributed by atoms with van der Waals surface area (Å²) in [5.41, 5.74) is 2.79. The van der Waals surface area contributed by atoms with Gasteiger partial charge in [-0.1, -0.05) is 12.1 Å². The Morgan fingerprint density at radius 2 is 1.68 bits per heavy atom. The summed E-state index contributed by atoms with van der Waals surface area (Å²) in [6.07, 6.45) is 1.67. The number of hydrazone groups is 1. The second kappa shape index (κ2) is 10.1. The molecule has 1 atom stereocenters. The van der Waals surface area contributed by atoms with E-state index in [-0.39, 0.29) is 6.61 Å². The molecule has 1 heterocycles. The van der Waals surface area contributed by atoms with Crippen molar-refractivity contribution in [2.45, 2.75) is 19.9 Å². The fourth-order valence-corrected chi connectivity index (χ4v) is 3.51. The number of allylic oxidation sites excluding steroid dienone is 1. The van der Waals surface area contributed by atoms with Crippen molar-refractivity contribution in [3.63, 3.8) is 0 Å². The fourth-order valence-electron chi connectivity index (χ4n) is 3.21. The van der Waals surface area contributed by atoms with E-state index >= 15 is 0 Å². The third-order valence-electron chi connectivity index (χ3n) is 4.84. The first kappa shape index (κ1) is 22.3. The van der Waals surface area contributed by atoms with Crippen LogP contribution in [0.15, 0.2) is 64.9 Å². The predicted octanol–water partition coefficient (Wildman–Crippen LogP) is 3.81. The minimum atomic E-state index is -0.454. The Morgan fingerprint density at radius 3 is 2.23 bits per heavy atom. The van der Waals surface area contributed by atoms with Crippen LogP contribution in [-0.4, -0.2) is 43.1 Å². The molecule has 0 amide bonds. The van der Waals surface area contributed by atoms with E-state index < -0.39 is 12.0 Å². The molecule has 0 saturated heterocycles. The van der Waals surface area contributed by atoms with Crippen molar-refractivity contribution in [1.29, 1.82) is 0 Å². The van der Waals surface area contributed by atoms with Gasteiger partial charge >= 0.3 is 5.97 Å². The Balaban J connectivity index is 1.96. The number of methoxy groups -OCH3 is 2. The summed E-state index contributed by atoms with van der Waals surface area (Å²) in [7, 11) is 3.22. The first-order chi connectivity index (χ1) is 15.0. The number of benzene rings is 2. The summed E-state index contributed by atoms with van der Waals surface area (Å²) in [5, 5.41) is 9.63. The van der Waals surface area contributed by atoms with Crippen LogP contribution in [0.1, 0.15) is 31.0 Å².